The molecule has 0 radical (unpaired) electrons. The maximum atomic E-state index is 12.2. The Morgan fingerprint density at radius 1 is 0.864 bits per heavy atom. The molecule has 1 saturated heterocycles. The van der Waals surface area contributed by atoms with Crippen molar-refractivity contribution >= 4 is 24.4 Å². The molecule has 3 aromatic carbocycles. The minimum atomic E-state index is -2.63. The summed E-state index contributed by atoms with van der Waals surface area (Å²) in [6, 6.07) is 28.7. The SMILES string of the molecule is COc1ccc(C(Nc2ncnc3c2ncn3[C@@H]2O[C@H](COP(C)(C)=O)C(C)C2C)(c2ccccc2)c2ccccc2)cc1. The Morgan fingerprint density at radius 3 is 2.07 bits per heavy atom. The van der Waals surface area contributed by atoms with Crippen LogP contribution in [0.2, 0.25) is 0 Å². The number of nitrogens with zero attached hydrogens (tertiary/aromatic N) is 4. The third-order valence-corrected chi connectivity index (χ3v) is 9.38. The molecule has 0 amide bonds. The first-order chi connectivity index (χ1) is 21.2. The number of benzene rings is 3. The lowest BCUT2D eigenvalue weighted by Gasteiger charge is -2.37. The summed E-state index contributed by atoms with van der Waals surface area (Å²) in [7, 11) is -0.960. The number of fused-ring (bicyclic) bond motifs is 1. The van der Waals surface area contributed by atoms with E-state index in [0.29, 0.717) is 17.0 Å². The lowest BCUT2D eigenvalue weighted by molar-refractivity contribution is -0.0285. The van der Waals surface area contributed by atoms with Crippen LogP contribution in [-0.2, 0) is 19.4 Å². The Kier molecular flexibility index (Phi) is 8.29. The molecule has 5 aromatic rings. The molecule has 9 nitrogen and oxygen atoms in total. The molecule has 1 fully saturated rings. The average Bonchev–Trinajstić information content (AvgIpc) is 3.60. The van der Waals surface area contributed by atoms with E-state index in [1.54, 1.807) is 33.1 Å². The summed E-state index contributed by atoms with van der Waals surface area (Å²) in [5, 5.41) is 3.83. The molecule has 2 aromatic heterocycles. The second kappa shape index (κ2) is 12.2. The summed E-state index contributed by atoms with van der Waals surface area (Å²) in [6.07, 6.45) is 2.82. The smallest absolute Gasteiger partial charge is 0.197 e. The molecule has 2 unspecified atom stereocenters. The third-order valence-electron chi connectivity index (χ3n) is 8.60. The zero-order valence-electron chi connectivity index (χ0n) is 25.6. The number of methoxy groups -OCH3 is 1. The van der Waals surface area contributed by atoms with Crippen LogP contribution in [0, 0.1) is 11.8 Å². The molecule has 3 heterocycles. The van der Waals surface area contributed by atoms with Crippen molar-refractivity contribution < 1.29 is 18.6 Å². The second-order valence-corrected chi connectivity index (χ2v) is 14.5. The lowest BCUT2D eigenvalue weighted by Crippen LogP contribution is -2.38. The highest BCUT2D eigenvalue weighted by atomic mass is 31.2. The van der Waals surface area contributed by atoms with E-state index in [1.807, 2.05) is 53.1 Å². The molecule has 0 saturated carbocycles. The van der Waals surface area contributed by atoms with Crippen LogP contribution < -0.4 is 10.1 Å². The molecule has 4 atom stereocenters. The first-order valence-electron chi connectivity index (χ1n) is 14.8. The Balaban J connectivity index is 1.45. The number of aromatic nitrogens is 4. The second-order valence-electron chi connectivity index (χ2n) is 11.7. The molecule has 0 aliphatic carbocycles. The van der Waals surface area contributed by atoms with Crippen molar-refractivity contribution in [2.45, 2.75) is 31.7 Å². The Labute approximate surface area is 258 Å². The van der Waals surface area contributed by atoms with Gasteiger partial charge in [0.25, 0.3) is 0 Å². The van der Waals surface area contributed by atoms with Gasteiger partial charge in [-0.1, -0.05) is 86.6 Å². The van der Waals surface area contributed by atoms with E-state index in [1.165, 1.54) is 0 Å². The number of imidazole rings is 1. The lowest BCUT2D eigenvalue weighted by atomic mass is 9.77. The van der Waals surface area contributed by atoms with Crippen LogP contribution in [0.1, 0.15) is 36.8 Å². The first kappa shape index (κ1) is 30.0. The summed E-state index contributed by atoms with van der Waals surface area (Å²) >= 11 is 0. The molecule has 6 rings (SSSR count). The van der Waals surface area contributed by atoms with Gasteiger partial charge in [0.15, 0.2) is 24.4 Å². The van der Waals surface area contributed by atoms with E-state index in [-0.39, 0.29) is 30.8 Å². The molecule has 1 aliphatic rings. The highest BCUT2D eigenvalue weighted by molar-refractivity contribution is 7.57. The van der Waals surface area contributed by atoms with Crippen molar-refractivity contribution in [3.05, 3.63) is 114 Å². The zero-order valence-corrected chi connectivity index (χ0v) is 26.5. The van der Waals surface area contributed by atoms with E-state index in [0.717, 1.165) is 22.4 Å². The van der Waals surface area contributed by atoms with Crippen LogP contribution in [0.25, 0.3) is 11.2 Å². The van der Waals surface area contributed by atoms with E-state index in [2.05, 4.69) is 60.5 Å². The average molecular weight is 612 g/mol. The van der Waals surface area contributed by atoms with Gasteiger partial charge in [-0.3, -0.25) is 9.13 Å². The van der Waals surface area contributed by atoms with E-state index in [9.17, 15) is 4.57 Å². The predicted octanol–water partition coefficient (Wildman–Crippen LogP) is 6.96. The van der Waals surface area contributed by atoms with Crippen LogP contribution in [0.15, 0.2) is 97.6 Å². The topological polar surface area (TPSA) is 100 Å². The van der Waals surface area contributed by atoms with E-state index in [4.69, 9.17) is 24.0 Å². The fraction of sp³-hybridized carbons (Fsp3) is 0.324. The fourth-order valence-electron chi connectivity index (χ4n) is 6.03. The van der Waals surface area contributed by atoms with Crippen LogP contribution in [0.4, 0.5) is 5.82 Å². The molecule has 0 bridgehead atoms. The molecule has 1 aliphatic heterocycles. The maximum absolute atomic E-state index is 12.2. The minimum absolute atomic E-state index is 0.146. The maximum Gasteiger partial charge on any atom is 0.197 e. The summed E-state index contributed by atoms with van der Waals surface area (Å²) in [6.45, 7) is 7.81. The molecular formula is C34H38N5O4P. The quantitative estimate of drug-likeness (QED) is 0.134. The van der Waals surface area contributed by atoms with Crippen molar-refractivity contribution in [1.29, 1.82) is 0 Å². The summed E-state index contributed by atoms with van der Waals surface area (Å²) in [5.41, 5.74) is 3.56. The van der Waals surface area contributed by atoms with Gasteiger partial charge >= 0.3 is 0 Å². The van der Waals surface area contributed by atoms with Crippen molar-refractivity contribution in [1.82, 2.24) is 19.5 Å². The summed E-state index contributed by atoms with van der Waals surface area (Å²) in [5.74, 6) is 1.69. The van der Waals surface area contributed by atoms with E-state index >= 15 is 0 Å². The number of ether oxygens (including phenoxy) is 2. The predicted molar refractivity (Wildman–Crippen MR) is 172 cm³/mol. The van der Waals surface area contributed by atoms with Crippen LogP contribution >= 0.6 is 7.37 Å². The zero-order chi connectivity index (χ0) is 30.9. The Bertz CT molecular complexity index is 1720. The number of anilines is 1. The van der Waals surface area contributed by atoms with Crippen molar-refractivity contribution in [2.24, 2.45) is 11.8 Å². The number of hydrogen-bond acceptors (Lipinski definition) is 8. The van der Waals surface area contributed by atoms with Gasteiger partial charge in [0, 0.05) is 19.2 Å². The van der Waals surface area contributed by atoms with Crippen LogP contribution in [0.3, 0.4) is 0 Å². The molecule has 1 N–H and O–H groups in total. The van der Waals surface area contributed by atoms with Gasteiger partial charge in [-0.2, -0.15) is 0 Å². The molecule has 228 valence electrons. The number of nitrogens with one attached hydrogen (secondary N) is 1. The molecule has 44 heavy (non-hydrogen) atoms. The van der Waals surface area contributed by atoms with Gasteiger partial charge in [-0.15, -0.1) is 0 Å². The summed E-state index contributed by atoms with van der Waals surface area (Å²) in [4.78, 5) is 14.2. The first-order valence-corrected chi connectivity index (χ1v) is 17.3. The monoisotopic (exact) mass is 611 g/mol. The number of hydrogen-bond donors (Lipinski definition) is 1. The normalized spacial score (nSPS) is 20.6. The van der Waals surface area contributed by atoms with Gasteiger partial charge in [0.05, 0.1) is 26.1 Å². The highest BCUT2D eigenvalue weighted by Crippen LogP contribution is 2.45. The van der Waals surface area contributed by atoms with Gasteiger partial charge in [-0.05, 0) is 34.7 Å². The van der Waals surface area contributed by atoms with Crippen molar-refractivity contribution in [2.75, 3.05) is 32.4 Å². The van der Waals surface area contributed by atoms with Crippen LogP contribution in [-0.4, -0.2) is 52.7 Å². The largest absolute Gasteiger partial charge is 0.497 e. The van der Waals surface area contributed by atoms with Crippen LogP contribution in [0.5, 0.6) is 5.75 Å². The third kappa shape index (κ3) is 5.63. The van der Waals surface area contributed by atoms with Gasteiger partial charge in [-0.25, -0.2) is 15.0 Å². The highest BCUT2D eigenvalue weighted by Gasteiger charge is 2.42. The molecule has 0 spiro atoms. The Morgan fingerprint density at radius 2 is 1.48 bits per heavy atom. The number of rotatable bonds is 10. The Hall–Kier alpha value is -4.04. The van der Waals surface area contributed by atoms with Crippen molar-refractivity contribution in [3.63, 3.8) is 0 Å². The summed E-state index contributed by atoms with van der Waals surface area (Å²) < 4.78 is 31.8. The standard InChI is InChI=1S/C34H38N5O4P/c1-23-24(2)33(43-29(23)20-42-44(4,5)40)39-22-37-30-31(35-21-36-32(30)39)38-34(25-12-8-6-9-13-25,26-14-10-7-11-15-26)27-16-18-28(41-3)19-17-27/h6-19,21-24,29,33H,20H2,1-5H3,(H,35,36,38)/t23?,24?,29-,33-/m1/s1. The molecular weight excluding hydrogens is 573 g/mol. The van der Waals surface area contributed by atoms with Gasteiger partial charge in [0.1, 0.15) is 23.8 Å². The van der Waals surface area contributed by atoms with E-state index < -0.39 is 12.9 Å². The van der Waals surface area contributed by atoms with Gasteiger partial charge < -0.3 is 19.3 Å². The van der Waals surface area contributed by atoms with Gasteiger partial charge in [0.2, 0.25) is 0 Å². The van der Waals surface area contributed by atoms with Crippen molar-refractivity contribution in [3.8, 4) is 5.75 Å². The molecule has 10 heteroatoms. The fourth-order valence-corrected chi connectivity index (χ4v) is 6.54. The minimum Gasteiger partial charge on any atom is -0.497 e.